The summed E-state index contributed by atoms with van der Waals surface area (Å²) in [5.74, 6) is -2.72. The van der Waals surface area contributed by atoms with Crippen molar-refractivity contribution in [1.82, 2.24) is 10.6 Å². The molecule has 0 fully saturated rings. The van der Waals surface area contributed by atoms with Gasteiger partial charge in [0.1, 0.15) is 17.8 Å². The van der Waals surface area contributed by atoms with Gasteiger partial charge in [-0.1, -0.05) is 54.6 Å². The molecule has 3 aromatic carbocycles. The van der Waals surface area contributed by atoms with E-state index < -0.39 is 23.8 Å². The van der Waals surface area contributed by atoms with Crippen molar-refractivity contribution in [3.63, 3.8) is 0 Å². The zero-order valence-corrected chi connectivity index (χ0v) is 18.3. The number of nitrogens with zero attached hydrogens (tertiary/aromatic N) is 1. The Kier molecular flexibility index (Phi) is 6.22. The van der Waals surface area contributed by atoms with Crippen molar-refractivity contribution in [2.75, 3.05) is 11.9 Å². The monoisotopic (exact) mass is 445 g/mol. The van der Waals surface area contributed by atoms with Gasteiger partial charge in [-0.2, -0.15) is 0 Å². The second-order valence-electron chi connectivity index (χ2n) is 8.01. The summed E-state index contributed by atoms with van der Waals surface area (Å²) in [4.78, 5) is 40.4. The van der Waals surface area contributed by atoms with Crippen molar-refractivity contribution < 1.29 is 18.8 Å². The highest BCUT2D eigenvalue weighted by Crippen LogP contribution is 2.39. The highest BCUT2D eigenvalue weighted by Gasteiger charge is 2.34. The molecule has 1 aliphatic heterocycles. The van der Waals surface area contributed by atoms with Crippen molar-refractivity contribution in [3.05, 3.63) is 89.7 Å². The maximum atomic E-state index is 13.3. The lowest BCUT2D eigenvalue weighted by Gasteiger charge is -2.24. The van der Waals surface area contributed by atoms with Crippen LogP contribution in [0.1, 0.15) is 24.1 Å². The summed E-state index contributed by atoms with van der Waals surface area (Å²) in [7, 11) is 1.67. The molecule has 0 aliphatic carbocycles. The number of hydrogen-bond donors (Lipinski definition) is 2. The normalized spacial score (nSPS) is 15.7. The number of fused-ring (bicyclic) bond motifs is 3. The lowest BCUT2D eigenvalue weighted by Crippen LogP contribution is -2.45. The molecule has 4 rings (SSSR count). The summed E-state index contributed by atoms with van der Waals surface area (Å²) < 4.78 is 13.1. The Balaban J connectivity index is 1.52. The maximum absolute atomic E-state index is 13.3. The minimum Gasteiger partial charge on any atom is -0.351 e. The lowest BCUT2D eigenvalue weighted by molar-refractivity contribution is -0.136. The zero-order chi connectivity index (χ0) is 23.5. The Bertz CT molecular complexity index is 1210. The van der Waals surface area contributed by atoms with E-state index >= 15 is 0 Å². The number of likely N-dealkylation sites (N-methyl/N-ethyl adjacent to an activating group) is 1. The van der Waals surface area contributed by atoms with Gasteiger partial charge in [-0.05, 0) is 41.8 Å². The van der Waals surface area contributed by atoms with E-state index in [0.717, 1.165) is 16.8 Å². The Morgan fingerprint density at radius 1 is 0.939 bits per heavy atom. The smallest absolute Gasteiger partial charge is 0.253 e. The summed E-state index contributed by atoms with van der Waals surface area (Å²) in [6, 6.07) is 19.8. The van der Waals surface area contributed by atoms with E-state index in [4.69, 9.17) is 0 Å². The van der Waals surface area contributed by atoms with Gasteiger partial charge in [0.05, 0.1) is 5.69 Å². The van der Waals surface area contributed by atoms with Gasteiger partial charge in [0.15, 0.2) is 0 Å². The van der Waals surface area contributed by atoms with E-state index in [1.165, 1.54) is 24.0 Å². The molecule has 0 saturated heterocycles. The van der Waals surface area contributed by atoms with Crippen LogP contribution < -0.4 is 15.5 Å². The maximum Gasteiger partial charge on any atom is 0.253 e. The molecule has 0 radical (unpaired) electrons. The number of carbonyl (C=O) groups is 3. The van der Waals surface area contributed by atoms with Gasteiger partial charge >= 0.3 is 0 Å². The molecule has 168 valence electrons. The van der Waals surface area contributed by atoms with Crippen molar-refractivity contribution in [2.24, 2.45) is 5.92 Å². The number of rotatable bonds is 5. The van der Waals surface area contributed by atoms with Crippen LogP contribution in [-0.4, -0.2) is 24.8 Å². The molecular weight excluding hydrogens is 421 g/mol. The van der Waals surface area contributed by atoms with Crippen LogP contribution in [0, 0.1) is 11.7 Å². The van der Waals surface area contributed by atoms with Gasteiger partial charge in [0.2, 0.25) is 11.8 Å². The first kappa shape index (κ1) is 22.2. The third-order valence-electron chi connectivity index (χ3n) is 5.86. The number of benzene rings is 3. The second-order valence-corrected chi connectivity index (χ2v) is 8.01. The van der Waals surface area contributed by atoms with E-state index in [2.05, 4.69) is 10.6 Å². The second kappa shape index (κ2) is 9.24. The average molecular weight is 445 g/mol. The van der Waals surface area contributed by atoms with Gasteiger partial charge < -0.3 is 15.5 Å². The van der Waals surface area contributed by atoms with E-state index in [9.17, 15) is 18.8 Å². The standard InChI is InChI=1S/C26H24FN3O3/c1-16(24(31)28-15-17-11-13-18(27)14-12-17)25(32)29-23-21-9-4-3-7-19(21)20-8-5-6-10-22(20)30(2)26(23)33/h3-14,16,23H,15H2,1-2H3,(H,28,31)(H,29,32)/t16-,23-/m0/s1. The number of amides is 3. The first-order valence-corrected chi connectivity index (χ1v) is 10.6. The van der Waals surface area contributed by atoms with E-state index in [0.29, 0.717) is 11.1 Å². The van der Waals surface area contributed by atoms with Crippen molar-refractivity contribution in [1.29, 1.82) is 0 Å². The largest absolute Gasteiger partial charge is 0.351 e. The molecule has 2 N–H and O–H groups in total. The summed E-state index contributed by atoms with van der Waals surface area (Å²) in [5, 5.41) is 5.46. The summed E-state index contributed by atoms with van der Waals surface area (Å²) in [6.07, 6.45) is 0. The third kappa shape index (κ3) is 4.48. The fourth-order valence-electron chi connectivity index (χ4n) is 3.90. The first-order chi connectivity index (χ1) is 15.9. The molecule has 0 unspecified atom stereocenters. The van der Waals surface area contributed by atoms with Gasteiger partial charge in [-0.15, -0.1) is 0 Å². The third-order valence-corrected chi connectivity index (χ3v) is 5.86. The number of halogens is 1. The van der Waals surface area contributed by atoms with Gasteiger partial charge in [-0.3, -0.25) is 14.4 Å². The molecule has 6 nitrogen and oxygen atoms in total. The highest BCUT2D eigenvalue weighted by atomic mass is 19.1. The fraction of sp³-hybridized carbons (Fsp3) is 0.192. The van der Waals surface area contributed by atoms with Crippen molar-refractivity contribution >= 4 is 23.4 Å². The molecule has 33 heavy (non-hydrogen) atoms. The minimum absolute atomic E-state index is 0.167. The van der Waals surface area contributed by atoms with Crippen LogP contribution in [0.4, 0.5) is 10.1 Å². The molecule has 0 saturated carbocycles. The number of nitrogens with one attached hydrogen (secondary N) is 2. The molecule has 0 bridgehead atoms. The van der Waals surface area contributed by atoms with E-state index in [-0.39, 0.29) is 18.3 Å². The molecule has 2 atom stereocenters. The minimum atomic E-state index is -1.03. The molecule has 1 heterocycles. The van der Waals surface area contributed by atoms with Crippen LogP contribution in [0.3, 0.4) is 0 Å². The van der Waals surface area contributed by atoms with Crippen LogP contribution >= 0.6 is 0 Å². The topological polar surface area (TPSA) is 78.5 Å². The van der Waals surface area contributed by atoms with Gasteiger partial charge in [0, 0.05) is 19.2 Å². The molecular formula is C26H24FN3O3. The van der Waals surface area contributed by atoms with Crippen molar-refractivity contribution in [2.45, 2.75) is 19.5 Å². The number of hydrogen-bond acceptors (Lipinski definition) is 3. The highest BCUT2D eigenvalue weighted by molar-refractivity contribution is 6.07. The Labute approximate surface area is 191 Å². The Hall–Kier alpha value is -4.00. The van der Waals surface area contributed by atoms with Crippen molar-refractivity contribution in [3.8, 4) is 11.1 Å². The SMILES string of the molecule is C[C@@H](C(=O)NCc1ccc(F)cc1)C(=O)N[C@@H]1C(=O)N(C)c2ccccc2-c2ccccc21. The molecule has 0 spiro atoms. The molecule has 7 heteroatoms. The van der Waals surface area contributed by atoms with Crippen LogP contribution in [-0.2, 0) is 20.9 Å². The average Bonchev–Trinajstić information content (AvgIpc) is 2.93. The van der Waals surface area contributed by atoms with E-state index in [1.54, 1.807) is 19.2 Å². The molecule has 3 amide bonds. The molecule has 1 aliphatic rings. The number of para-hydroxylation sites is 1. The Morgan fingerprint density at radius 3 is 2.30 bits per heavy atom. The quantitative estimate of drug-likeness (QED) is 0.590. The summed E-state index contributed by atoms with van der Waals surface area (Å²) >= 11 is 0. The first-order valence-electron chi connectivity index (χ1n) is 10.6. The van der Waals surface area contributed by atoms with E-state index in [1.807, 2.05) is 48.5 Å². The number of carbonyl (C=O) groups excluding carboxylic acids is 3. The zero-order valence-electron chi connectivity index (χ0n) is 18.3. The number of anilines is 1. The Morgan fingerprint density at radius 2 is 1.58 bits per heavy atom. The fourth-order valence-corrected chi connectivity index (χ4v) is 3.90. The van der Waals surface area contributed by atoms with Crippen LogP contribution in [0.15, 0.2) is 72.8 Å². The predicted octanol–water partition coefficient (Wildman–Crippen LogP) is 3.58. The summed E-state index contributed by atoms with van der Waals surface area (Å²) in [5.41, 5.74) is 3.88. The van der Waals surface area contributed by atoms with Crippen LogP contribution in [0.5, 0.6) is 0 Å². The molecule has 0 aromatic heterocycles. The van der Waals surface area contributed by atoms with Crippen LogP contribution in [0.2, 0.25) is 0 Å². The van der Waals surface area contributed by atoms with Crippen LogP contribution in [0.25, 0.3) is 11.1 Å². The summed E-state index contributed by atoms with van der Waals surface area (Å²) in [6.45, 7) is 1.65. The van der Waals surface area contributed by atoms with Gasteiger partial charge in [0.25, 0.3) is 5.91 Å². The lowest BCUT2D eigenvalue weighted by atomic mass is 9.95. The molecule has 3 aromatic rings. The van der Waals surface area contributed by atoms with Gasteiger partial charge in [-0.25, -0.2) is 4.39 Å². The predicted molar refractivity (Wildman–Crippen MR) is 124 cm³/mol.